The zero-order chi connectivity index (χ0) is 22.4. The van der Waals surface area contributed by atoms with Crippen LogP contribution >= 0.6 is 0 Å². The van der Waals surface area contributed by atoms with Gasteiger partial charge >= 0.3 is 5.97 Å². The Balaban J connectivity index is 1.55. The van der Waals surface area contributed by atoms with Gasteiger partial charge in [0.25, 0.3) is 0 Å². The van der Waals surface area contributed by atoms with Gasteiger partial charge in [0.1, 0.15) is 0 Å². The molecule has 2 aromatic carbocycles. The third-order valence-corrected chi connectivity index (χ3v) is 7.55. The Morgan fingerprint density at radius 2 is 1.44 bits per heavy atom. The van der Waals surface area contributed by atoms with Gasteiger partial charge in [0.05, 0.1) is 17.9 Å². The summed E-state index contributed by atoms with van der Waals surface area (Å²) in [5.41, 5.74) is 1.60. The minimum Gasteiger partial charge on any atom is -0.466 e. The zero-order valence-corrected chi connectivity index (χ0v) is 19.2. The van der Waals surface area contributed by atoms with Gasteiger partial charge in [0.2, 0.25) is 5.91 Å². The van der Waals surface area contributed by atoms with Crippen molar-refractivity contribution < 1.29 is 14.3 Å². The topological polar surface area (TPSA) is 46.6 Å². The molecular weight excluding hydrogens is 398 g/mol. The van der Waals surface area contributed by atoms with Crippen molar-refractivity contribution in [1.82, 2.24) is 4.90 Å². The van der Waals surface area contributed by atoms with E-state index in [0.29, 0.717) is 38.5 Å². The fourth-order valence-electron chi connectivity index (χ4n) is 5.79. The maximum atomic E-state index is 13.8. The molecule has 0 unspecified atom stereocenters. The quantitative estimate of drug-likeness (QED) is 0.560. The van der Waals surface area contributed by atoms with Crippen LogP contribution in [0.4, 0.5) is 0 Å². The lowest BCUT2D eigenvalue weighted by molar-refractivity contribution is -0.166. The predicted molar refractivity (Wildman–Crippen MR) is 126 cm³/mol. The van der Waals surface area contributed by atoms with Crippen molar-refractivity contribution in [3.63, 3.8) is 0 Å². The largest absolute Gasteiger partial charge is 0.466 e. The van der Waals surface area contributed by atoms with Crippen LogP contribution in [-0.4, -0.2) is 36.5 Å². The van der Waals surface area contributed by atoms with E-state index in [4.69, 9.17) is 4.74 Å². The zero-order valence-electron chi connectivity index (χ0n) is 19.2. The molecule has 2 fully saturated rings. The molecule has 0 radical (unpaired) electrons. The Kier molecular flexibility index (Phi) is 7.29. The molecular formula is C28H35NO3. The van der Waals surface area contributed by atoms with E-state index in [9.17, 15) is 9.59 Å². The molecule has 0 spiro atoms. The highest BCUT2D eigenvalue weighted by Gasteiger charge is 2.49. The predicted octanol–water partition coefficient (Wildman–Crippen LogP) is 5.57. The molecule has 4 rings (SSSR count). The number of ether oxygens (including phenoxy) is 1. The van der Waals surface area contributed by atoms with Gasteiger partial charge in [-0.1, -0.05) is 79.9 Å². The van der Waals surface area contributed by atoms with Crippen molar-refractivity contribution in [2.75, 3.05) is 19.7 Å². The van der Waals surface area contributed by atoms with Crippen LogP contribution < -0.4 is 0 Å². The van der Waals surface area contributed by atoms with Crippen molar-refractivity contribution in [2.24, 2.45) is 11.3 Å². The average molecular weight is 434 g/mol. The van der Waals surface area contributed by atoms with Crippen molar-refractivity contribution in [3.8, 4) is 0 Å². The summed E-state index contributed by atoms with van der Waals surface area (Å²) in [5, 5.41) is 0. The molecule has 4 nitrogen and oxygen atoms in total. The first-order valence-electron chi connectivity index (χ1n) is 12.2. The number of hydrogen-bond acceptors (Lipinski definition) is 3. The Labute approximate surface area is 192 Å². The number of amides is 1. The van der Waals surface area contributed by atoms with E-state index in [2.05, 4.69) is 0 Å². The van der Waals surface area contributed by atoms with E-state index in [1.54, 1.807) is 0 Å². The Morgan fingerprint density at radius 1 is 0.906 bits per heavy atom. The molecule has 2 aromatic rings. The van der Waals surface area contributed by atoms with Gasteiger partial charge < -0.3 is 9.64 Å². The van der Waals surface area contributed by atoms with Gasteiger partial charge in [-0.3, -0.25) is 9.59 Å². The molecule has 1 aliphatic heterocycles. The molecule has 4 heteroatoms. The van der Waals surface area contributed by atoms with Crippen LogP contribution in [0.5, 0.6) is 0 Å². The first-order chi connectivity index (χ1) is 15.7. The number of hydrogen-bond donors (Lipinski definition) is 0. The molecule has 1 amide bonds. The molecule has 1 saturated heterocycles. The second kappa shape index (κ2) is 10.3. The van der Waals surface area contributed by atoms with Crippen LogP contribution in [0.1, 0.15) is 68.9 Å². The fourth-order valence-corrected chi connectivity index (χ4v) is 5.79. The van der Waals surface area contributed by atoms with E-state index < -0.39 is 5.41 Å². The minimum atomic E-state index is -0.428. The molecule has 0 N–H and O–H groups in total. The lowest BCUT2D eigenvalue weighted by Crippen LogP contribution is -2.51. The smallest absolute Gasteiger partial charge is 0.312 e. The molecule has 2 aliphatic rings. The highest BCUT2D eigenvalue weighted by Crippen LogP contribution is 2.47. The molecule has 1 aliphatic carbocycles. The number of likely N-dealkylation sites (tertiary alicyclic amines) is 1. The summed E-state index contributed by atoms with van der Waals surface area (Å²) in [6, 6.07) is 20.0. The number of carbonyl (C=O) groups is 2. The summed E-state index contributed by atoms with van der Waals surface area (Å²) in [7, 11) is 0. The van der Waals surface area contributed by atoms with Crippen LogP contribution in [0.3, 0.4) is 0 Å². The van der Waals surface area contributed by atoms with Crippen LogP contribution in [0.25, 0.3) is 0 Å². The monoisotopic (exact) mass is 433 g/mol. The van der Waals surface area contributed by atoms with Gasteiger partial charge in [-0.15, -0.1) is 0 Å². The summed E-state index contributed by atoms with van der Waals surface area (Å²) in [4.78, 5) is 28.9. The van der Waals surface area contributed by atoms with Crippen molar-refractivity contribution in [1.29, 1.82) is 0 Å². The molecule has 0 aromatic heterocycles. The van der Waals surface area contributed by atoms with E-state index in [1.165, 1.54) is 19.3 Å². The Bertz CT molecular complexity index is 842. The van der Waals surface area contributed by atoms with E-state index in [0.717, 1.165) is 24.0 Å². The van der Waals surface area contributed by atoms with Gasteiger partial charge in [-0.2, -0.15) is 0 Å². The minimum absolute atomic E-state index is 0.0401. The van der Waals surface area contributed by atoms with Crippen LogP contribution in [0.15, 0.2) is 60.7 Å². The molecule has 1 heterocycles. The third-order valence-electron chi connectivity index (χ3n) is 7.55. The molecule has 170 valence electrons. The average Bonchev–Trinajstić information content (AvgIpc) is 2.86. The van der Waals surface area contributed by atoms with Gasteiger partial charge in [0.15, 0.2) is 0 Å². The molecule has 1 saturated carbocycles. The number of nitrogens with zero attached hydrogens (tertiary/aromatic N) is 1. The molecule has 0 bridgehead atoms. The highest BCUT2D eigenvalue weighted by molar-refractivity contribution is 5.87. The second-order valence-corrected chi connectivity index (χ2v) is 9.29. The van der Waals surface area contributed by atoms with Gasteiger partial charge in [-0.05, 0) is 49.7 Å². The number of rotatable bonds is 6. The summed E-state index contributed by atoms with van der Waals surface area (Å²) < 4.78 is 5.58. The highest BCUT2D eigenvalue weighted by atomic mass is 16.5. The molecule has 0 atom stereocenters. The summed E-state index contributed by atoms with van der Waals surface area (Å²) in [6.45, 7) is 3.53. The number of esters is 1. The first-order valence-corrected chi connectivity index (χ1v) is 12.2. The number of piperidine rings is 1. The molecule has 32 heavy (non-hydrogen) atoms. The number of carbonyl (C=O) groups excluding carboxylic acids is 2. The maximum absolute atomic E-state index is 13.8. The first kappa shape index (κ1) is 22.6. The van der Waals surface area contributed by atoms with Gasteiger partial charge in [0, 0.05) is 13.1 Å². The SMILES string of the molecule is CCOC(=O)C1(C2CCCCC2)CCN(C(=O)C(c2ccccc2)c2ccccc2)CC1. The Hall–Kier alpha value is -2.62. The third kappa shape index (κ3) is 4.60. The maximum Gasteiger partial charge on any atom is 0.312 e. The van der Waals surface area contributed by atoms with Crippen LogP contribution in [0, 0.1) is 11.3 Å². The van der Waals surface area contributed by atoms with Crippen molar-refractivity contribution in [3.05, 3.63) is 71.8 Å². The summed E-state index contributed by atoms with van der Waals surface area (Å²) in [6.07, 6.45) is 7.26. The summed E-state index contributed by atoms with van der Waals surface area (Å²) >= 11 is 0. The van der Waals surface area contributed by atoms with Crippen LogP contribution in [0.2, 0.25) is 0 Å². The standard InChI is InChI=1S/C28H35NO3/c1-2-32-27(31)28(24-16-10-5-11-17-24)18-20-29(21-19-28)26(30)25(22-12-6-3-7-13-22)23-14-8-4-9-15-23/h3-4,6-9,12-15,24-25H,2,5,10-11,16-21H2,1H3. The van der Waals surface area contributed by atoms with E-state index in [1.807, 2.05) is 72.5 Å². The van der Waals surface area contributed by atoms with Crippen LogP contribution in [-0.2, 0) is 14.3 Å². The number of benzene rings is 2. The Morgan fingerprint density at radius 3 is 1.94 bits per heavy atom. The van der Waals surface area contributed by atoms with Gasteiger partial charge in [-0.25, -0.2) is 0 Å². The van der Waals surface area contributed by atoms with Crippen molar-refractivity contribution >= 4 is 11.9 Å². The lowest BCUT2D eigenvalue weighted by Gasteiger charge is -2.46. The van der Waals surface area contributed by atoms with E-state index in [-0.39, 0.29) is 17.8 Å². The summed E-state index contributed by atoms with van der Waals surface area (Å²) in [5.74, 6) is 0.152. The van der Waals surface area contributed by atoms with E-state index >= 15 is 0 Å². The second-order valence-electron chi connectivity index (χ2n) is 9.29. The lowest BCUT2D eigenvalue weighted by atomic mass is 9.63. The van der Waals surface area contributed by atoms with Crippen molar-refractivity contribution in [2.45, 2.75) is 57.8 Å². The fraction of sp³-hybridized carbons (Fsp3) is 0.500. The normalized spacial score (nSPS) is 19.0.